The molecular formula is C25H27ClN2O2S. The molecule has 0 saturated heterocycles. The molecule has 4 rings (SSSR count). The van der Waals surface area contributed by atoms with Crippen molar-refractivity contribution in [3.05, 3.63) is 81.3 Å². The minimum Gasteiger partial charge on any atom is -0.462 e. The molecule has 2 unspecified atom stereocenters. The summed E-state index contributed by atoms with van der Waals surface area (Å²) in [6.45, 7) is 8.62. The normalized spacial score (nSPS) is 22.7. The van der Waals surface area contributed by atoms with Crippen molar-refractivity contribution in [3.63, 3.8) is 0 Å². The van der Waals surface area contributed by atoms with Crippen molar-refractivity contribution in [2.75, 3.05) is 6.61 Å². The van der Waals surface area contributed by atoms with Crippen LogP contribution in [0.3, 0.4) is 0 Å². The van der Waals surface area contributed by atoms with Crippen molar-refractivity contribution in [1.82, 2.24) is 4.90 Å². The predicted octanol–water partition coefficient (Wildman–Crippen LogP) is 6.23. The number of carbonyl (C=O) groups is 1. The van der Waals surface area contributed by atoms with Gasteiger partial charge in [0.2, 0.25) is 0 Å². The zero-order chi connectivity index (χ0) is 22.2. The number of rotatable bonds is 6. The first-order valence-corrected chi connectivity index (χ1v) is 11.8. The Morgan fingerprint density at radius 1 is 1.19 bits per heavy atom. The Kier molecular flexibility index (Phi) is 6.18. The maximum Gasteiger partial charge on any atom is 0.346 e. The lowest BCUT2D eigenvalue weighted by Crippen LogP contribution is -2.39. The van der Waals surface area contributed by atoms with E-state index < -0.39 is 5.54 Å². The van der Waals surface area contributed by atoms with Crippen LogP contribution >= 0.6 is 23.4 Å². The zero-order valence-corrected chi connectivity index (χ0v) is 19.8. The second kappa shape index (κ2) is 8.71. The van der Waals surface area contributed by atoms with Crippen LogP contribution in [-0.2, 0) is 16.0 Å². The highest BCUT2D eigenvalue weighted by Gasteiger charge is 2.52. The molecular weight excluding hydrogens is 428 g/mol. The topological polar surface area (TPSA) is 41.9 Å². The van der Waals surface area contributed by atoms with Crippen LogP contribution < -0.4 is 0 Å². The van der Waals surface area contributed by atoms with E-state index in [1.165, 1.54) is 17.3 Å². The Balaban J connectivity index is 1.82. The van der Waals surface area contributed by atoms with Gasteiger partial charge in [0.05, 0.1) is 18.2 Å². The molecule has 2 aliphatic heterocycles. The van der Waals surface area contributed by atoms with E-state index in [1.807, 2.05) is 25.1 Å². The predicted molar refractivity (Wildman–Crippen MR) is 128 cm³/mol. The van der Waals surface area contributed by atoms with E-state index in [-0.39, 0.29) is 17.9 Å². The van der Waals surface area contributed by atoms with Gasteiger partial charge in [-0.05, 0) is 61.2 Å². The Labute approximate surface area is 193 Å². The Morgan fingerprint density at radius 2 is 1.87 bits per heavy atom. The molecule has 0 saturated carbocycles. The van der Waals surface area contributed by atoms with E-state index in [2.05, 4.69) is 62.1 Å². The fourth-order valence-corrected chi connectivity index (χ4v) is 5.92. The first kappa shape index (κ1) is 22.0. The summed E-state index contributed by atoms with van der Waals surface area (Å²) < 4.78 is 5.36. The third-order valence-corrected chi connectivity index (χ3v) is 6.99. The SMILES string of the molecule is CCOC(=O)C1=C(C(C)C)N2C(=NC(C)(Cc3ccccc3)C2c2ccc(Cl)cc2)S1. The molecule has 2 aromatic rings. The fraction of sp³-hybridized carbons (Fsp3) is 0.360. The number of carbonyl (C=O) groups excluding carboxylic acids is 1. The average molecular weight is 455 g/mol. The zero-order valence-electron chi connectivity index (χ0n) is 18.3. The Bertz CT molecular complexity index is 1030. The summed E-state index contributed by atoms with van der Waals surface area (Å²) in [5.74, 6) is -0.124. The first-order valence-electron chi connectivity index (χ1n) is 10.6. The molecule has 0 N–H and O–H groups in total. The number of thioether (sulfide) groups is 1. The number of benzene rings is 2. The number of hydrogen-bond acceptors (Lipinski definition) is 5. The van der Waals surface area contributed by atoms with Gasteiger partial charge in [0.15, 0.2) is 5.17 Å². The second-order valence-corrected chi connectivity index (χ2v) is 9.84. The van der Waals surface area contributed by atoms with Crippen LogP contribution in [0.5, 0.6) is 0 Å². The van der Waals surface area contributed by atoms with Gasteiger partial charge < -0.3 is 9.64 Å². The van der Waals surface area contributed by atoms with Crippen molar-refractivity contribution in [3.8, 4) is 0 Å². The second-order valence-electron chi connectivity index (χ2n) is 8.43. The number of fused-ring (bicyclic) bond motifs is 1. The molecule has 2 heterocycles. The minimum absolute atomic E-state index is 0.0446. The number of halogens is 1. The van der Waals surface area contributed by atoms with Crippen LogP contribution in [0, 0.1) is 5.92 Å². The molecule has 0 amide bonds. The monoisotopic (exact) mass is 454 g/mol. The standard InChI is InChI=1S/C25H27ClN2O2S/c1-5-30-23(29)21-20(16(2)3)28-22(18-11-13-19(26)14-12-18)25(4,27-24(28)31-21)15-17-9-7-6-8-10-17/h6-14,16,22H,5,15H2,1-4H3. The molecule has 0 aliphatic carbocycles. The molecule has 0 radical (unpaired) electrons. The molecule has 0 fully saturated rings. The lowest BCUT2D eigenvalue weighted by atomic mass is 9.82. The number of ether oxygens (including phenoxy) is 1. The molecule has 6 heteroatoms. The van der Waals surface area contributed by atoms with Crippen molar-refractivity contribution in [2.24, 2.45) is 10.9 Å². The quantitative estimate of drug-likeness (QED) is 0.485. The molecule has 31 heavy (non-hydrogen) atoms. The van der Waals surface area contributed by atoms with Crippen molar-refractivity contribution >= 4 is 34.5 Å². The summed E-state index contributed by atoms with van der Waals surface area (Å²) in [5.41, 5.74) is 2.96. The highest BCUT2D eigenvalue weighted by atomic mass is 35.5. The largest absolute Gasteiger partial charge is 0.462 e. The number of esters is 1. The molecule has 2 aliphatic rings. The molecule has 0 spiro atoms. The number of aliphatic imine (C=N–C) groups is 1. The Hall–Kier alpha value is -2.24. The number of nitrogens with zero attached hydrogens (tertiary/aromatic N) is 2. The van der Waals surface area contributed by atoms with E-state index in [1.54, 1.807) is 0 Å². The van der Waals surface area contributed by atoms with Crippen LogP contribution in [-0.4, -0.2) is 28.2 Å². The number of hydrogen-bond donors (Lipinski definition) is 0. The maximum atomic E-state index is 12.7. The van der Waals surface area contributed by atoms with Gasteiger partial charge in [-0.25, -0.2) is 4.79 Å². The lowest BCUT2D eigenvalue weighted by molar-refractivity contribution is -0.137. The van der Waals surface area contributed by atoms with E-state index in [0.717, 1.165) is 22.8 Å². The summed E-state index contributed by atoms with van der Waals surface area (Å²) in [7, 11) is 0. The van der Waals surface area contributed by atoms with Crippen LogP contribution in [0.4, 0.5) is 0 Å². The summed E-state index contributed by atoms with van der Waals surface area (Å²) in [6, 6.07) is 18.4. The number of amidine groups is 1. The van der Waals surface area contributed by atoms with Gasteiger partial charge in [-0.1, -0.05) is 67.9 Å². The Morgan fingerprint density at radius 3 is 2.48 bits per heavy atom. The van der Waals surface area contributed by atoms with E-state index >= 15 is 0 Å². The summed E-state index contributed by atoms with van der Waals surface area (Å²) in [5, 5.41) is 1.57. The van der Waals surface area contributed by atoms with Gasteiger partial charge in [0.1, 0.15) is 4.91 Å². The molecule has 4 nitrogen and oxygen atoms in total. The molecule has 162 valence electrons. The van der Waals surface area contributed by atoms with Crippen LogP contribution in [0.1, 0.15) is 44.9 Å². The van der Waals surface area contributed by atoms with Crippen LogP contribution in [0.2, 0.25) is 5.02 Å². The lowest BCUT2D eigenvalue weighted by Gasteiger charge is -2.37. The summed E-state index contributed by atoms with van der Waals surface area (Å²) >= 11 is 7.63. The fourth-order valence-electron chi connectivity index (χ4n) is 4.47. The van der Waals surface area contributed by atoms with Gasteiger partial charge in [-0.2, -0.15) is 0 Å². The first-order chi connectivity index (χ1) is 14.8. The van der Waals surface area contributed by atoms with Crippen molar-refractivity contribution < 1.29 is 9.53 Å². The number of allylic oxidation sites excluding steroid dienone is 1. The highest BCUT2D eigenvalue weighted by molar-refractivity contribution is 8.18. The van der Waals surface area contributed by atoms with Gasteiger partial charge in [0.25, 0.3) is 0 Å². The van der Waals surface area contributed by atoms with Crippen molar-refractivity contribution in [2.45, 2.75) is 45.7 Å². The van der Waals surface area contributed by atoms with Crippen LogP contribution in [0.25, 0.3) is 0 Å². The average Bonchev–Trinajstić information content (AvgIpc) is 3.21. The van der Waals surface area contributed by atoms with Gasteiger partial charge >= 0.3 is 5.97 Å². The minimum atomic E-state index is -0.391. The third kappa shape index (κ3) is 4.13. The van der Waals surface area contributed by atoms with Gasteiger partial charge in [-0.3, -0.25) is 4.99 Å². The summed E-state index contributed by atoms with van der Waals surface area (Å²) in [6.07, 6.45) is 0.793. The van der Waals surface area contributed by atoms with E-state index in [4.69, 9.17) is 21.3 Å². The van der Waals surface area contributed by atoms with Crippen LogP contribution in [0.15, 0.2) is 70.2 Å². The molecule has 2 aromatic carbocycles. The third-order valence-electron chi connectivity index (χ3n) is 5.69. The smallest absolute Gasteiger partial charge is 0.346 e. The van der Waals surface area contributed by atoms with E-state index in [0.29, 0.717) is 16.5 Å². The summed E-state index contributed by atoms with van der Waals surface area (Å²) in [4.78, 5) is 20.8. The van der Waals surface area contributed by atoms with E-state index in [9.17, 15) is 4.79 Å². The molecule has 0 bridgehead atoms. The van der Waals surface area contributed by atoms with Gasteiger partial charge in [0, 0.05) is 10.7 Å². The van der Waals surface area contributed by atoms with Crippen molar-refractivity contribution in [1.29, 1.82) is 0 Å². The maximum absolute atomic E-state index is 12.7. The molecule has 2 atom stereocenters. The molecule has 0 aromatic heterocycles. The highest BCUT2D eigenvalue weighted by Crippen LogP contribution is 2.53. The van der Waals surface area contributed by atoms with Gasteiger partial charge in [-0.15, -0.1) is 0 Å².